The second-order valence-electron chi connectivity index (χ2n) is 6.08. The molecule has 0 bridgehead atoms. The molecule has 20 heavy (non-hydrogen) atoms. The molecule has 0 aromatic carbocycles. The minimum atomic E-state index is -0.781. The van der Waals surface area contributed by atoms with Gasteiger partial charge >= 0.3 is 12.0 Å². The molecule has 1 rings (SSSR count). The highest BCUT2D eigenvalue weighted by Crippen LogP contribution is 2.27. The van der Waals surface area contributed by atoms with Crippen molar-refractivity contribution in [3.63, 3.8) is 0 Å². The highest BCUT2D eigenvalue weighted by molar-refractivity contribution is 5.74. The number of nitrogens with zero attached hydrogens (tertiary/aromatic N) is 1. The quantitative estimate of drug-likeness (QED) is 0.788. The van der Waals surface area contributed by atoms with E-state index < -0.39 is 5.97 Å². The summed E-state index contributed by atoms with van der Waals surface area (Å²) in [7, 11) is 1.87. The standard InChI is InChI=1S/C15H28N2O3/c1-11-7-4-5-9-13(11)17(3)15(20)16-12(2)8-6-10-14(18)19/h11-13H,4-10H2,1-3H3,(H,16,20)(H,18,19). The summed E-state index contributed by atoms with van der Waals surface area (Å²) >= 11 is 0. The lowest BCUT2D eigenvalue weighted by Gasteiger charge is -2.36. The molecule has 3 unspecified atom stereocenters. The van der Waals surface area contributed by atoms with Crippen molar-refractivity contribution in [2.75, 3.05) is 7.05 Å². The van der Waals surface area contributed by atoms with Gasteiger partial charge in [-0.1, -0.05) is 19.8 Å². The minimum absolute atomic E-state index is 0.0168. The number of hydrogen-bond acceptors (Lipinski definition) is 2. The first-order valence-electron chi connectivity index (χ1n) is 7.67. The number of urea groups is 1. The number of carbonyl (C=O) groups is 2. The van der Waals surface area contributed by atoms with Crippen LogP contribution in [-0.4, -0.2) is 41.1 Å². The smallest absolute Gasteiger partial charge is 0.317 e. The maximum absolute atomic E-state index is 12.2. The lowest BCUT2D eigenvalue weighted by atomic mass is 9.85. The molecule has 0 aromatic rings. The van der Waals surface area contributed by atoms with Gasteiger partial charge in [0.1, 0.15) is 0 Å². The normalized spacial score (nSPS) is 23.9. The summed E-state index contributed by atoms with van der Waals surface area (Å²) < 4.78 is 0. The van der Waals surface area contributed by atoms with Crippen LogP contribution in [0, 0.1) is 5.92 Å². The van der Waals surface area contributed by atoms with Gasteiger partial charge in [0.25, 0.3) is 0 Å². The summed E-state index contributed by atoms with van der Waals surface area (Å²) in [6.45, 7) is 4.14. The first-order valence-corrected chi connectivity index (χ1v) is 7.67. The second kappa shape index (κ2) is 8.12. The Morgan fingerprint density at radius 1 is 1.35 bits per heavy atom. The molecule has 0 aliphatic heterocycles. The van der Waals surface area contributed by atoms with Crippen LogP contribution in [-0.2, 0) is 4.79 Å². The van der Waals surface area contributed by atoms with E-state index in [0.717, 1.165) is 6.42 Å². The van der Waals surface area contributed by atoms with Gasteiger partial charge < -0.3 is 15.3 Å². The summed E-state index contributed by atoms with van der Waals surface area (Å²) in [5.41, 5.74) is 0. The number of rotatable bonds is 6. The van der Waals surface area contributed by atoms with Crippen LogP contribution < -0.4 is 5.32 Å². The van der Waals surface area contributed by atoms with E-state index in [4.69, 9.17) is 5.11 Å². The summed E-state index contributed by atoms with van der Waals surface area (Å²) in [6, 6.07) is 0.310. The molecule has 0 saturated heterocycles. The average Bonchev–Trinajstić information content (AvgIpc) is 2.38. The van der Waals surface area contributed by atoms with Crippen LogP contribution in [0.4, 0.5) is 4.79 Å². The van der Waals surface area contributed by atoms with Gasteiger partial charge in [-0.15, -0.1) is 0 Å². The molecule has 0 spiro atoms. The highest BCUT2D eigenvalue weighted by atomic mass is 16.4. The van der Waals surface area contributed by atoms with Crippen molar-refractivity contribution in [1.82, 2.24) is 10.2 Å². The molecular formula is C15H28N2O3. The van der Waals surface area contributed by atoms with Gasteiger partial charge in [0.2, 0.25) is 0 Å². The summed E-state index contributed by atoms with van der Waals surface area (Å²) in [5, 5.41) is 11.6. The van der Waals surface area contributed by atoms with E-state index in [9.17, 15) is 9.59 Å². The molecule has 0 heterocycles. The van der Waals surface area contributed by atoms with Gasteiger partial charge in [-0.3, -0.25) is 4.79 Å². The Balaban J connectivity index is 2.34. The van der Waals surface area contributed by atoms with Crippen molar-refractivity contribution in [2.24, 2.45) is 5.92 Å². The second-order valence-corrected chi connectivity index (χ2v) is 6.08. The molecular weight excluding hydrogens is 256 g/mol. The van der Waals surface area contributed by atoms with Crippen molar-refractivity contribution in [3.8, 4) is 0 Å². The SMILES string of the molecule is CC(CCCC(=O)O)NC(=O)N(C)C1CCCCC1C. The number of hydrogen-bond donors (Lipinski definition) is 2. The summed E-state index contributed by atoms with van der Waals surface area (Å²) in [4.78, 5) is 24.5. The van der Waals surface area contributed by atoms with Crippen molar-refractivity contribution >= 4 is 12.0 Å². The predicted molar refractivity (Wildman–Crippen MR) is 78.7 cm³/mol. The van der Waals surface area contributed by atoms with Crippen LogP contribution in [0.1, 0.15) is 58.8 Å². The van der Waals surface area contributed by atoms with Crippen molar-refractivity contribution < 1.29 is 14.7 Å². The molecule has 5 nitrogen and oxygen atoms in total. The van der Waals surface area contributed by atoms with Crippen LogP contribution in [0.15, 0.2) is 0 Å². The zero-order chi connectivity index (χ0) is 15.1. The first-order chi connectivity index (χ1) is 9.41. The maximum atomic E-state index is 12.2. The Labute approximate surface area is 121 Å². The number of amides is 2. The Hall–Kier alpha value is -1.26. The van der Waals surface area contributed by atoms with E-state index in [1.54, 1.807) is 0 Å². The molecule has 0 radical (unpaired) electrons. The molecule has 3 atom stereocenters. The zero-order valence-corrected chi connectivity index (χ0v) is 12.9. The fourth-order valence-electron chi connectivity index (χ4n) is 2.97. The Morgan fingerprint density at radius 2 is 2.00 bits per heavy atom. The number of carboxylic acids is 1. The molecule has 2 N–H and O–H groups in total. The highest BCUT2D eigenvalue weighted by Gasteiger charge is 2.28. The van der Waals surface area contributed by atoms with Gasteiger partial charge in [-0.2, -0.15) is 0 Å². The largest absolute Gasteiger partial charge is 0.481 e. The Kier molecular flexibility index (Phi) is 6.82. The fourth-order valence-corrected chi connectivity index (χ4v) is 2.97. The first kappa shape index (κ1) is 16.8. The van der Waals surface area contributed by atoms with Gasteiger partial charge in [-0.25, -0.2) is 4.79 Å². The van der Waals surface area contributed by atoms with E-state index in [-0.39, 0.29) is 18.5 Å². The van der Waals surface area contributed by atoms with Crippen LogP contribution in [0.25, 0.3) is 0 Å². The topological polar surface area (TPSA) is 69.6 Å². The van der Waals surface area contributed by atoms with Crippen LogP contribution >= 0.6 is 0 Å². The Bertz CT molecular complexity index is 333. The van der Waals surface area contributed by atoms with Crippen molar-refractivity contribution in [3.05, 3.63) is 0 Å². The molecule has 1 aliphatic carbocycles. The monoisotopic (exact) mass is 284 g/mol. The molecule has 1 fully saturated rings. The number of carboxylic acid groups (broad SMARTS) is 1. The predicted octanol–water partition coefficient (Wildman–Crippen LogP) is 2.85. The van der Waals surface area contributed by atoms with Gasteiger partial charge in [-0.05, 0) is 38.5 Å². The molecule has 1 saturated carbocycles. The number of aliphatic carboxylic acids is 1. The lowest BCUT2D eigenvalue weighted by molar-refractivity contribution is -0.137. The molecule has 1 aliphatic rings. The third kappa shape index (κ3) is 5.39. The van der Waals surface area contributed by atoms with E-state index in [2.05, 4.69) is 12.2 Å². The Morgan fingerprint density at radius 3 is 2.60 bits per heavy atom. The lowest BCUT2D eigenvalue weighted by Crippen LogP contribution is -2.49. The third-order valence-corrected chi connectivity index (χ3v) is 4.28. The third-order valence-electron chi connectivity index (χ3n) is 4.28. The number of carbonyl (C=O) groups excluding carboxylic acids is 1. The number of nitrogens with one attached hydrogen (secondary N) is 1. The molecule has 5 heteroatoms. The maximum Gasteiger partial charge on any atom is 0.317 e. The fraction of sp³-hybridized carbons (Fsp3) is 0.867. The molecule has 116 valence electrons. The summed E-state index contributed by atoms with van der Waals surface area (Å²) in [6.07, 6.45) is 6.19. The van der Waals surface area contributed by atoms with Crippen LogP contribution in [0.5, 0.6) is 0 Å². The molecule has 2 amide bonds. The van der Waals surface area contributed by atoms with E-state index in [0.29, 0.717) is 24.8 Å². The van der Waals surface area contributed by atoms with Crippen LogP contribution in [0.2, 0.25) is 0 Å². The van der Waals surface area contributed by atoms with Gasteiger partial charge in [0.15, 0.2) is 0 Å². The van der Waals surface area contributed by atoms with E-state index in [1.165, 1.54) is 19.3 Å². The average molecular weight is 284 g/mol. The van der Waals surface area contributed by atoms with E-state index in [1.807, 2.05) is 18.9 Å². The minimum Gasteiger partial charge on any atom is -0.481 e. The summed E-state index contributed by atoms with van der Waals surface area (Å²) in [5.74, 6) is -0.224. The van der Waals surface area contributed by atoms with Crippen LogP contribution in [0.3, 0.4) is 0 Å². The van der Waals surface area contributed by atoms with Gasteiger partial charge in [0.05, 0.1) is 0 Å². The molecule has 0 aromatic heterocycles. The zero-order valence-electron chi connectivity index (χ0n) is 12.9. The van der Waals surface area contributed by atoms with Crippen molar-refractivity contribution in [2.45, 2.75) is 70.9 Å². The van der Waals surface area contributed by atoms with E-state index >= 15 is 0 Å². The van der Waals surface area contributed by atoms with Gasteiger partial charge in [0, 0.05) is 25.6 Å². The van der Waals surface area contributed by atoms with Crippen molar-refractivity contribution in [1.29, 1.82) is 0 Å².